The van der Waals surface area contributed by atoms with Crippen LogP contribution in [0.4, 0.5) is 10.5 Å². The van der Waals surface area contributed by atoms with E-state index in [2.05, 4.69) is 10.2 Å². The summed E-state index contributed by atoms with van der Waals surface area (Å²) in [5, 5.41) is 9.07. The molecule has 9 nitrogen and oxygen atoms in total. The summed E-state index contributed by atoms with van der Waals surface area (Å²) in [6, 6.07) is 13.4. The maximum Gasteiger partial charge on any atom is 0.302 e. The van der Waals surface area contributed by atoms with Gasteiger partial charge in [0.15, 0.2) is 11.5 Å². The number of rotatable bonds is 10. The first-order valence-corrected chi connectivity index (χ1v) is 14.6. The lowest BCUT2D eigenvalue weighted by atomic mass is 10.1. The molecule has 0 spiro atoms. The lowest BCUT2D eigenvalue weighted by molar-refractivity contribution is -0.116. The highest BCUT2D eigenvalue weighted by atomic mass is 32.2. The SMILES string of the molecule is COc1ccc(C2=NN(Cc3ccc(NC(=O)CCN4CCOCC4)cc3)C(=O)SC2)cc1OC1CCCC1. The zero-order valence-corrected chi connectivity index (χ0v) is 23.2. The van der Waals surface area contributed by atoms with Crippen LogP contribution in [0.3, 0.4) is 0 Å². The van der Waals surface area contributed by atoms with Crippen LogP contribution in [0.5, 0.6) is 11.5 Å². The van der Waals surface area contributed by atoms with Crippen molar-refractivity contribution in [2.75, 3.05) is 51.0 Å². The molecule has 1 saturated heterocycles. The van der Waals surface area contributed by atoms with Crippen LogP contribution in [0.1, 0.15) is 43.2 Å². The molecule has 3 aliphatic rings. The van der Waals surface area contributed by atoms with Gasteiger partial charge in [0.25, 0.3) is 0 Å². The fourth-order valence-corrected chi connectivity index (χ4v) is 5.71. The van der Waals surface area contributed by atoms with Crippen LogP contribution in [0, 0.1) is 0 Å². The van der Waals surface area contributed by atoms with Gasteiger partial charge in [0.05, 0.1) is 38.7 Å². The van der Waals surface area contributed by atoms with E-state index < -0.39 is 0 Å². The molecule has 2 aromatic carbocycles. The third kappa shape index (κ3) is 7.52. The van der Waals surface area contributed by atoms with Gasteiger partial charge in [0.2, 0.25) is 5.91 Å². The van der Waals surface area contributed by atoms with Gasteiger partial charge in [0, 0.05) is 43.1 Å². The van der Waals surface area contributed by atoms with Crippen LogP contribution in [-0.2, 0) is 16.1 Å². The van der Waals surface area contributed by atoms with Gasteiger partial charge in [-0.15, -0.1) is 0 Å². The molecule has 2 aliphatic heterocycles. The van der Waals surface area contributed by atoms with Crippen molar-refractivity contribution in [2.24, 2.45) is 5.10 Å². The second-order valence-electron chi connectivity index (χ2n) is 10.00. The molecule has 0 atom stereocenters. The van der Waals surface area contributed by atoms with Crippen LogP contribution in [0.25, 0.3) is 0 Å². The average Bonchev–Trinajstić information content (AvgIpc) is 3.48. The zero-order valence-electron chi connectivity index (χ0n) is 22.4. The first-order valence-electron chi connectivity index (χ1n) is 13.6. The van der Waals surface area contributed by atoms with Crippen LogP contribution in [0.15, 0.2) is 47.6 Å². The Hall–Kier alpha value is -3.08. The van der Waals surface area contributed by atoms with Crippen molar-refractivity contribution >= 4 is 34.3 Å². The number of methoxy groups -OCH3 is 1. The van der Waals surface area contributed by atoms with Crippen molar-refractivity contribution in [3.05, 3.63) is 53.6 Å². The highest BCUT2D eigenvalue weighted by Crippen LogP contribution is 2.33. The number of morpholine rings is 1. The maximum atomic E-state index is 12.7. The highest BCUT2D eigenvalue weighted by Gasteiger charge is 2.24. The van der Waals surface area contributed by atoms with Crippen molar-refractivity contribution in [3.63, 3.8) is 0 Å². The monoisotopic (exact) mass is 552 g/mol. The first kappa shape index (κ1) is 27.5. The highest BCUT2D eigenvalue weighted by molar-refractivity contribution is 8.14. The summed E-state index contributed by atoms with van der Waals surface area (Å²) in [5.41, 5.74) is 3.41. The second kappa shape index (κ2) is 13.3. The molecule has 2 aromatic rings. The molecule has 2 amide bonds. The van der Waals surface area contributed by atoms with E-state index in [1.807, 2.05) is 42.5 Å². The van der Waals surface area contributed by atoms with Gasteiger partial charge in [-0.05, 0) is 61.6 Å². The molecule has 1 N–H and O–H groups in total. The van der Waals surface area contributed by atoms with Gasteiger partial charge < -0.3 is 19.5 Å². The molecular formula is C29H36N4O5S. The Morgan fingerprint density at radius 3 is 2.62 bits per heavy atom. The van der Waals surface area contributed by atoms with E-state index in [0.29, 0.717) is 24.5 Å². The van der Waals surface area contributed by atoms with E-state index in [0.717, 1.165) is 74.0 Å². The Balaban J connectivity index is 1.20. The largest absolute Gasteiger partial charge is 0.493 e. The number of ether oxygens (including phenoxy) is 3. The Labute approximate surface area is 233 Å². The van der Waals surface area contributed by atoms with Crippen molar-refractivity contribution in [1.82, 2.24) is 9.91 Å². The molecule has 1 saturated carbocycles. The van der Waals surface area contributed by atoms with Crippen LogP contribution >= 0.6 is 11.8 Å². The quantitative estimate of drug-likeness (QED) is 0.455. The second-order valence-corrected chi connectivity index (χ2v) is 10.9. The number of nitrogens with one attached hydrogen (secondary N) is 1. The molecule has 2 fully saturated rings. The molecule has 0 radical (unpaired) electrons. The number of hydrogen-bond acceptors (Lipinski definition) is 8. The van der Waals surface area contributed by atoms with Crippen molar-refractivity contribution < 1.29 is 23.8 Å². The summed E-state index contributed by atoms with van der Waals surface area (Å²) < 4.78 is 17.1. The maximum absolute atomic E-state index is 12.7. The predicted molar refractivity (Wildman–Crippen MR) is 153 cm³/mol. The van der Waals surface area contributed by atoms with Crippen LogP contribution < -0.4 is 14.8 Å². The van der Waals surface area contributed by atoms with Gasteiger partial charge in [-0.1, -0.05) is 23.9 Å². The van der Waals surface area contributed by atoms with Gasteiger partial charge in [-0.3, -0.25) is 14.5 Å². The summed E-state index contributed by atoms with van der Waals surface area (Å²) >= 11 is 1.24. The fourth-order valence-electron chi connectivity index (χ4n) is 4.97. The molecule has 0 aromatic heterocycles. The Kier molecular flexibility index (Phi) is 9.39. The third-order valence-corrected chi connectivity index (χ3v) is 8.08. The molecule has 39 heavy (non-hydrogen) atoms. The Morgan fingerprint density at radius 1 is 1.10 bits per heavy atom. The van der Waals surface area contributed by atoms with E-state index in [4.69, 9.17) is 19.3 Å². The summed E-state index contributed by atoms with van der Waals surface area (Å²) in [6.45, 7) is 4.26. The predicted octanol–water partition coefficient (Wildman–Crippen LogP) is 4.75. The minimum atomic E-state index is -0.0878. The van der Waals surface area contributed by atoms with E-state index in [1.54, 1.807) is 7.11 Å². The number of nitrogens with zero attached hydrogens (tertiary/aromatic N) is 3. The Morgan fingerprint density at radius 2 is 1.87 bits per heavy atom. The number of thioether (sulfide) groups is 1. The topological polar surface area (TPSA) is 92.7 Å². The molecular weight excluding hydrogens is 516 g/mol. The molecule has 2 heterocycles. The van der Waals surface area contributed by atoms with Crippen molar-refractivity contribution in [1.29, 1.82) is 0 Å². The van der Waals surface area contributed by atoms with Gasteiger partial charge in [-0.2, -0.15) is 5.10 Å². The van der Waals surface area contributed by atoms with Crippen molar-refractivity contribution in [3.8, 4) is 11.5 Å². The molecule has 1 aliphatic carbocycles. The van der Waals surface area contributed by atoms with Crippen molar-refractivity contribution in [2.45, 2.75) is 44.8 Å². The molecule has 0 bridgehead atoms. The minimum Gasteiger partial charge on any atom is -0.493 e. The Bertz CT molecular complexity index is 1180. The number of carbonyl (C=O) groups excluding carboxylic acids is 2. The number of hydrogen-bond donors (Lipinski definition) is 1. The molecule has 5 rings (SSSR count). The van der Waals surface area contributed by atoms with Gasteiger partial charge in [0.1, 0.15) is 0 Å². The number of carbonyl (C=O) groups is 2. The van der Waals surface area contributed by atoms with Gasteiger partial charge >= 0.3 is 5.24 Å². The smallest absolute Gasteiger partial charge is 0.302 e. The summed E-state index contributed by atoms with van der Waals surface area (Å²) in [4.78, 5) is 27.3. The minimum absolute atomic E-state index is 0.0122. The van der Waals surface area contributed by atoms with E-state index in [-0.39, 0.29) is 17.3 Å². The van der Waals surface area contributed by atoms with E-state index in [1.165, 1.54) is 29.6 Å². The number of hydrazone groups is 1. The fraction of sp³-hybridized carbons (Fsp3) is 0.483. The zero-order chi connectivity index (χ0) is 27.0. The van der Waals surface area contributed by atoms with E-state index in [9.17, 15) is 9.59 Å². The third-order valence-electron chi connectivity index (χ3n) is 7.21. The summed E-state index contributed by atoms with van der Waals surface area (Å²) in [6.07, 6.45) is 5.15. The molecule has 0 unspecified atom stereocenters. The first-order chi connectivity index (χ1) is 19.1. The number of benzene rings is 2. The van der Waals surface area contributed by atoms with Gasteiger partial charge in [-0.25, -0.2) is 5.01 Å². The molecule has 10 heteroatoms. The van der Waals surface area contributed by atoms with Crippen LogP contribution in [0.2, 0.25) is 0 Å². The summed E-state index contributed by atoms with van der Waals surface area (Å²) in [7, 11) is 1.65. The standard InChI is InChI=1S/C29H36N4O5S/c1-36-26-11-8-22(18-27(26)38-24-4-2-3-5-24)25-20-39-29(35)33(31-25)19-21-6-9-23(10-7-21)30-28(34)12-13-32-14-16-37-17-15-32/h6-11,18,24H,2-5,12-17,19-20H2,1H3,(H,30,34). The van der Waals surface area contributed by atoms with E-state index >= 15 is 0 Å². The lowest BCUT2D eigenvalue weighted by Gasteiger charge is -2.26. The molecule has 208 valence electrons. The number of anilines is 1. The number of amides is 2. The average molecular weight is 553 g/mol. The summed E-state index contributed by atoms with van der Waals surface area (Å²) in [5.74, 6) is 1.92. The van der Waals surface area contributed by atoms with Crippen LogP contribution in [-0.4, -0.2) is 78.6 Å². The lowest BCUT2D eigenvalue weighted by Crippen LogP contribution is -2.38. The normalized spacial score (nSPS) is 18.6.